The van der Waals surface area contributed by atoms with E-state index in [1.807, 2.05) is 13.8 Å². The molecule has 0 aliphatic heterocycles. The quantitative estimate of drug-likeness (QED) is 0.839. The second-order valence-electron chi connectivity index (χ2n) is 5.53. The van der Waals surface area contributed by atoms with Crippen LogP contribution in [0.3, 0.4) is 0 Å². The van der Waals surface area contributed by atoms with E-state index < -0.39 is 5.60 Å². The fraction of sp³-hybridized carbons (Fsp3) is 0.846. The molecule has 2 N–H and O–H groups in total. The summed E-state index contributed by atoms with van der Waals surface area (Å²) < 4.78 is 10.8. The average Bonchev–Trinajstić information content (AvgIpc) is 2.82. The third-order valence-corrected chi connectivity index (χ3v) is 4.44. The summed E-state index contributed by atoms with van der Waals surface area (Å²) in [5.41, 5.74) is 5.58. The Morgan fingerprint density at radius 3 is 2.67 bits per heavy atom. The van der Waals surface area contributed by atoms with Crippen LogP contribution in [0.15, 0.2) is 4.52 Å². The Morgan fingerprint density at radius 2 is 2.22 bits per heavy atom. The smallest absolute Gasteiger partial charge is 0.227 e. The molecule has 18 heavy (non-hydrogen) atoms. The van der Waals surface area contributed by atoms with Gasteiger partial charge in [0, 0.05) is 13.5 Å². The Labute approximate surface area is 108 Å². The van der Waals surface area contributed by atoms with E-state index in [2.05, 4.69) is 10.1 Å². The maximum absolute atomic E-state index is 5.85. The molecule has 0 radical (unpaired) electrons. The maximum Gasteiger partial charge on any atom is 0.227 e. The van der Waals surface area contributed by atoms with E-state index in [-0.39, 0.29) is 5.41 Å². The maximum atomic E-state index is 5.85. The molecule has 0 saturated heterocycles. The van der Waals surface area contributed by atoms with Crippen LogP contribution in [0.1, 0.15) is 51.2 Å². The highest BCUT2D eigenvalue weighted by Crippen LogP contribution is 2.42. The van der Waals surface area contributed by atoms with Gasteiger partial charge in [-0.15, -0.1) is 0 Å². The molecule has 5 nitrogen and oxygen atoms in total. The highest BCUT2D eigenvalue weighted by Gasteiger charge is 2.38. The van der Waals surface area contributed by atoms with Crippen molar-refractivity contribution in [1.82, 2.24) is 10.1 Å². The summed E-state index contributed by atoms with van der Waals surface area (Å²) in [6.07, 6.45) is 5.18. The van der Waals surface area contributed by atoms with Crippen LogP contribution in [0, 0.1) is 5.41 Å². The largest absolute Gasteiger partial charge is 0.370 e. The van der Waals surface area contributed by atoms with E-state index in [9.17, 15) is 0 Å². The van der Waals surface area contributed by atoms with Gasteiger partial charge in [0.05, 0.1) is 0 Å². The minimum absolute atomic E-state index is 0.194. The number of nitrogens with two attached hydrogens (primary N) is 1. The van der Waals surface area contributed by atoms with Gasteiger partial charge in [-0.25, -0.2) is 0 Å². The lowest BCUT2D eigenvalue weighted by molar-refractivity contribution is -0.0106. The van der Waals surface area contributed by atoms with Crippen LogP contribution < -0.4 is 5.73 Å². The van der Waals surface area contributed by atoms with E-state index >= 15 is 0 Å². The molecule has 1 aromatic heterocycles. The minimum atomic E-state index is -0.461. The number of methoxy groups -OCH3 is 1. The fourth-order valence-corrected chi connectivity index (χ4v) is 2.39. The predicted octanol–water partition coefficient (Wildman–Crippen LogP) is 2.01. The lowest BCUT2D eigenvalue weighted by Crippen LogP contribution is -2.39. The van der Waals surface area contributed by atoms with E-state index in [1.54, 1.807) is 7.11 Å². The Hall–Kier alpha value is -0.940. The molecule has 5 heteroatoms. The summed E-state index contributed by atoms with van der Waals surface area (Å²) in [6.45, 7) is 4.72. The van der Waals surface area contributed by atoms with Crippen molar-refractivity contribution in [3.05, 3.63) is 11.7 Å². The SMILES string of the molecule is CCC(C)(OC)c1noc(CC2(CN)CCC2)n1. The molecule has 1 fully saturated rings. The predicted molar refractivity (Wildman–Crippen MR) is 68.0 cm³/mol. The number of ether oxygens (including phenoxy) is 1. The van der Waals surface area contributed by atoms with Crippen molar-refractivity contribution in [2.45, 2.75) is 51.6 Å². The van der Waals surface area contributed by atoms with E-state index in [0.717, 1.165) is 25.7 Å². The van der Waals surface area contributed by atoms with Crippen molar-refractivity contribution in [2.75, 3.05) is 13.7 Å². The van der Waals surface area contributed by atoms with Gasteiger partial charge < -0.3 is 15.0 Å². The second kappa shape index (κ2) is 4.97. The Kier molecular flexibility index (Phi) is 3.73. The molecule has 1 aromatic rings. The molecule has 1 atom stereocenters. The Balaban J connectivity index is 2.11. The third kappa shape index (κ3) is 2.29. The van der Waals surface area contributed by atoms with Gasteiger partial charge in [0.15, 0.2) is 0 Å². The lowest BCUT2D eigenvalue weighted by Gasteiger charge is -2.39. The van der Waals surface area contributed by atoms with Crippen LogP contribution in [0.5, 0.6) is 0 Å². The van der Waals surface area contributed by atoms with Crippen molar-refractivity contribution < 1.29 is 9.26 Å². The summed E-state index contributed by atoms with van der Waals surface area (Å²) in [6, 6.07) is 0. The van der Waals surface area contributed by atoms with Crippen molar-refractivity contribution in [3.8, 4) is 0 Å². The third-order valence-electron chi connectivity index (χ3n) is 4.44. The standard InChI is InChI=1S/C13H23N3O2/c1-4-12(2,17-3)11-15-10(18-16-11)8-13(9-14)6-5-7-13/h4-9,14H2,1-3H3. The topological polar surface area (TPSA) is 74.2 Å². The molecule has 2 rings (SSSR count). The van der Waals surface area contributed by atoms with Crippen molar-refractivity contribution in [1.29, 1.82) is 0 Å². The fourth-order valence-electron chi connectivity index (χ4n) is 2.39. The van der Waals surface area contributed by atoms with Crippen LogP contribution in [0.2, 0.25) is 0 Å². The van der Waals surface area contributed by atoms with Crippen LogP contribution in [-0.2, 0) is 16.8 Å². The summed E-state index contributed by atoms with van der Waals surface area (Å²) in [5.74, 6) is 1.32. The summed E-state index contributed by atoms with van der Waals surface area (Å²) in [7, 11) is 1.67. The molecule has 1 unspecified atom stereocenters. The van der Waals surface area contributed by atoms with Gasteiger partial charge in [-0.2, -0.15) is 4.98 Å². The lowest BCUT2D eigenvalue weighted by atomic mass is 9.67. The monoisotopic (exact) mass is 253 g/mol. The molecule has 0 aromatic carbocycles. The summed E-state index contributed by atoms with van der Waals surface area (Å²) in [4.78, 5) is 4.48. The summed E-state index contributed by atoms with van der Waals surface area (Å²) in [5, 5.41) is 4.05. The van der Waals surface area contributed by atoms with Crippen molar-refractivity contribution >= 4 is 0 Å². The molecule has 0 bridgehead atoms. The van der Waals surface area contributed by atoms with Gasteiger partial charge in [-0.1, -0.05) is 18.5 Å². The van der Waals surface area contributed by atoms with Crippen LogP contribution in [0.4, 0.5) is 0 Å². The zero-order valence-electron chi connectivity index (χ0n) is 11.5. The van der Waals surface area contributed by atoms with Crippen molar-refractivity contribution in [3.63, 3.8) is 0 Å². The highest BCUT2D eigenvalue weighted by atomic mass is 16.5. The van der Waals surface area contributed by atoms with E-state index in [1.165, 1.54) is 6.42 Å². The first kappa shape index (κ1) is 13.5. The number of hydrogen-bond acceptors (Lipinski definition) is 5. The van der Waals surface area contributed by atoms with Gasteiger partial charge >= 0.3 is 0 Å². The number of hydrogen-bond donors (Lipinski definition) is 1. The van der Waals surface area contributed by atoms with Crippen LogP contribution in [-0.4, -0.2) is 23.8 Å². The number of rotatable bonds is 6. The van der Waals surface area contributed by atoms with Crippen LogP contribution >= 0.6 is 0 Å². The van der Waals surface area contributed by atoms with E-state index in [4.69, 9.17) is 15.0 Å². The highest BCUT2D eigenvalue weighted by molar-refractivity contribution is 5.02. The normalized spacial score (nSPS) is 21.3. The first-order chi connectivity index (χ1) is 8.57. The van der Waals surface area contributed by atoms with Gasteiger partial charge in [-0.3, -0.25) is 0 Å². The number of aromatic nitrogens is 2. The van der Waals surface area contributed by atoms with E-state index in [0.29, 0.717) is 18.3 Å². The summed E-state index contributed by atoms with van der Waals surface area (Å²) >= 11 is 0. The zero-order valence-corrected chi connectivity index (χ0v) is 11.5. The molecule has 1 aliphatic rings. The van der Waals surface area contributed by atoms with Crippen LogP contribution in [0.25, 0.3) is 0 Å². The Morgan fingerprint density at radius 1 is 1.50 bits per heavy atom. The number of nitrogens with zero attached hydrogens (tertiary/aromatic N) is 2. The first-order valence-corrected chi connectivity index (χ1v) is 6.66. The first-order valence-electron chi connectivity index (χ1n) is 6.66. The molecule has 0 spiro atoms. The van der Waals surface area contributed by atoms with Gasteiger partial charge in [0.2, 0.25) is 11.7 Å². The van der Waals surface area contributed by atoms with Crippen molar-refractivity contribution in [2.24, 2.45) is 11.1 Å². The van der Waals surface area contributed by atoms with Gasteiger partial charge in [0.1, 0.15) is 5.60 Å². The molecule has 102 valence electrons. The molecule has 1 saturated carbocycles. The molecule has 1 heterocycles. The molecular weight excluding hydrogens is 230 g/mol. The second-order valence-corrected chi connectivity index (χ2v) is 5.53. The molecule has 1 aliphatic carbocycles. The van der Waals surface area contributed by atoms with Gasteiger partial charge in [0.25, 0.3) is 0 Å². The average molecular weight is 253 g/mol. The van der Waals surface area contributed by atoms with Gasteiger partial charge in [-0.05, 0) is 38.1 Å². The minimum Gasteiger partial charge on any atom is -0.370 e. The Bertz CT molecular complexity index is 389. The molecular formula is C13H23N3O2. The zero-order chi connectivity index (χ0) is 13.2. The molecule has 0 amide bonds.